The van der Waals surface area contributed by atoms with Crippen LogP contribution in [0.2, 0.25) is 0 Å². The molecule has 0 spiro atoms. The maximum atomic E-state index is 0. The monoisotopic (exact) mass is 321 g/mol. The third-order valence-corrected chi connectivity index (χ3v) is 0. The number of hydrogen-bond donors (Lipinski definition) is 0. The molecular formula is H3Ga4N3. The molecule has 3 nitrogen and oxygen atoms in total. The van der Waals surface area contributed by atoms with Crippen LogP contribution in [-0.2, 0) is 0 Å². The Morgan fingerprint density at radius 3 is 0.429 bits per heavy atom. The summed E-state index contributed by atoms with van der Waals surface area (Å²) in [5, 5.41) is 0. The molecule has 0 aliphatic carbocycles. The molecule has 0 radical (unpaired) electrons. The molecule has 0 aromatic rings. The van der Waals surface area contributed by atoms with Gasteiger partial charge >= 0.3 is 79.2 Å². The molecule has 7 heavy (non-hydrogen) atoms. The van der Waals surface area contributed by atoms with Gasteiger partial charge in [0.05, 0.1) is 0 Å². The Balaban J connectivity index is 0. The Morgan fingerprint density at radius 2 is 0.429 bits per heavy atom. The molecule has 0 saturated heterocycles. The first-order valence-electron chi connectivity index (χ1n) is 0. The van der Waals surface area contributed by atoms with Gasteiger partial charge in [-0.1, -0.05) is 0 Å². The first-order chi connectivity index (χ1) is 0. The second-order valence-corrected chi connectivity index (χ2v) is 0. The van der Waals surface area contributed by atoms with Crippen molar-refractivity contribution in [1.29, 1.82) is 0 Å². The van der Waals surface area contributed by atoms with E-state index >= 15 is 0 Å². The summed E-state index contributed by atoms with van der Waals surface area (Å²) in [5.74, 6) is 0. The maximum Gasteiger partial charge on any atom is 3.00 e. The van der Waals surface area contributed by atoms with Gasteiger partial charge in [0.2, 0.25) is 0 Å². The topological polar surface area (TPSA) is 91.5 Å². The predicted octanol–water partition coefficient (Wildman–Crippen LogP) is -0.320. The van der Waals surface area contributed by atoms with E-state index in [9.17, 15) is 0 Å². The summed E-state index contributed by atoms with van der Waals surface area (Å²) in [4.78, 5) is 0. The van der Waals surface area contributed by atoms with Gasteiger partial charge in [0.15, 0.2) is 0 Å². The van der Waals surface area contributed by atoms with Gasteiger partial charge in [-0.15, -0.1) is 0 Å². The summed E-state index contributed by atoms with van der Waals surface area (Å²) >= 11 is 0. The molecule has 30 valence electrons. The minimum Gasteiger partial charge on any atom is -3.00 e. The van der Waals surface area contributed by atoms with Gasteiger partial charge in [0, 0.05) is 0 Å². The first kappa shape index (κ1) is 114. The van der Waals surface area contributed by atoms with Crippen LogP contribution in [0.15, 0.2) is 0 Å². The van der Waals surface area contributed by atoms with Crippen molar-refractivity contribution in [1.82, 2.24) is 0 Å². The van der Waals surface area contributed by atoms with Gasteiger partial charge in [-0.05, 0) is 0 Å². The summed E-state index contributed by atoms with van der Waals surface area (Å²) < 4.78 is 0. The first-order valence-corrected chi connectivity index (χ1v) is 0. The van der Waals surface area contributed by atoms with E-state index in [1.807, 2.05) is 0 Å². The van der Waals surface area contributed by atoms with Crippen LogP contribution in [0.4, 0.5) is 0 Å². The fraction of sp³-hybridized carbons (Fsp3) is 0. The molecule has 0 aliphatic rings. The zero-order chi connectivity index (χ0) is 0. The van der Waals surface area contributed by atoms with Crippen LogP contribution in [0.1, 0.15) is 4.28 Å². The van der Waals surface area contributed by atoms with Crippen LogP contribution in [0.5, 0.6) is 0 Å². The van der Waals surface area contributed by atoms with Crippen LogP contribution in [-0.4, -0.2) is 79.2 Å². The molecule has 0 aromatic heterocycles. The molecular weight excluding hydrogens is 321 g/mol. The van der Waals surface area contributed by atoms with Crippen molar-refractivity contribution in [3.05, 3.63) is 18.5 Å². The summed E-state index contributed by atoms with van der Waals surface area (Å²) in [5.41, 5.74) is 0. The quantitative estimate of drug-likeness (QED) is 0.547. The zero-order valence-electron chi connectivity index (χ0n) is 6.65. The van der Waals surface area contributed by atoms with E-state index in [1.54, 1.807) is 0 Å². The largest absolute Gasteiger partial charge is 3.00 e. The molecule has 0 atom stereocenters. The molecule has 0 aromatic carbocycles. The number of nitrogens with zero attached hydrogens (tertiary/aromatic N) is 3. The van der Waals surface area contributed by atoms with Crippen molar-refractivity contribution in [3.63, 3.8) is 0 Å². The van der Waals surface area contributed by atoms with Crippen molar-refractivity contribution in [2.24, 2.45) is 0 Å². The second-order valence-electron chi connectivity index (χ2n) is 0. The van der Waals surface area contributed by atoms with E-state index in [4.69, 9.17) is 0 Å². The fourth-order valence-corrected chi connectivity index (χ4v) is 0. The fourth-order valence-electron chi connectivity index (χ4n) is 0. The molecule has 0 heterocycles. The van der Waals surface area contributed by atoms with Crippen molar-refractivity contribution in [2.75, 3.05) is 0 Å². The number of rotatable bonds is 0. The number of hydrogen-bond acceptors (Lipinski definition) is 0. The van der Waals surface area contributed by atoms with Crippen LogP contribution in [0.3, 0.4) is 0 Å². The second kappa shape index (κ2) is 79.0. The maximum absolute atomic E-state index is 0. The normalized spacial score (nSPS) is 0. The molecule has 0 unspecified atom stereocenters. The van der Waals surface area contributed by atoms with E-state index in [2.05, 4.69) is 0 Å². The summed E-state index contributed by atoms with van der Waals surface area (Å²) in [7, 11) is 0. The van der Waals surface area contributed by atoms with Crippen LogP contribution >= 0.6 is 0 Å². The zero-order valence-corrected chi connectivity index (χ0v) is 13.3. The van der Waals surface area contributed by atoms with Gasteiger partial charge in [0.25, 0.3) is 0 Å². The van der Waals surface area contributed by atoms with Crippen LogP contribution in [0, 0.1) is 0 Å². The summed E-state index contributed by atoms with van der Waals surface area (Å²) in [6.07, 6.45) is 0. The third kappa shape index (κ3) is 59.1. The minimum atomic E-state index is 0. The average Bonchev–Trinajstić information content (AvgIpc) is 0. The third-order valence-electron chi connectivity index (χ3n) is 0. The summed E-state index contributed by atoms with van der Waals surface area (Å²) in [6, 6.07) is 0. The van der Waals surface area contributed by atoms with Gasteiger partial charge < -0.3 is 22.7 Å². The van der Waals surface area contributed by atoms with Gasteiger partial charge in [-0.25, -0.2) is 0 Å². The smallest absolute Gasteiger partial charge is 3.00 e. The molecule has 0 aliphatic heterocycles. The van der Waals surface area contributed by atoms with Crippen molar-refractivity contribution in [3.8, 4) is 0 Å². The van der Waals surface area contributed by atoms with Crippen molar-refractivity contribution >= 4 is 79.2 Å². The van der Waals surface area contributed by atoms with Crippen LogP contribution < -0.4 is 0 Å². The molecule has 0 fully saturated rings. The summed E-state index contributed by atoms with van der Waals surface area (Å²) in [6.45, 7) is 0. The van der Waals surface area contributed by atoms with Gasteiger partial charge in [-0.3, -0.25) is 0 Å². The Labute approximate surface area is 101 Å². The van der Waals surface area contributed by atoms with Crippen molar-refractivity contribution < 1.29 is 4.28 Å². The van der Waals surface area contributed by atoms with Gasteiger partial charge in [-0.2, -0.15) is 0 Å². The molecule has 0 bridgehead atoms. The molecule has 0 N–H and O–H groups in total. The Hall–Kier alpha value is 2.43. The molecule has 0 amide bonds. The SMILES string of the molecule is [Ga+3].[Ga+3].[Ga+3].[Ga+3].[H-].[H-].[H-].[N-3].[N-3].[N-3]. The van der Waals surface area contributed by atoms with Crippen LogP contribution in [0.25, 0.3) is 18.5 Å². The van der Waals surface area contributed by atoms with E-state index in [1.165, 1.54) is 0 Å². The molecule has 0 rings (SSSR count). The van der Waals surface area contributed by atoms with E-state index in [0.29, 0.717) is 0 Å². The van der Waals surface area contributed by atoms with E-state index in [0.717, 1.165) is 0 Å². The Kier molecular flexibility index (Phi) is 1280. The molecule has 0 saturated carbocycles. The van der Waals surface area contributed by atoms with E-state index in [-0.39, 0.29) is 102 Å². The Bertz CT molecular complexity index is 15.7. The molecule has 7 heteroatoms. The minimum absolute atomic E-state index is 0. The predicted molar refractivity (Wildman–Crippen MR) is 36.4 cm³/mol. The van der Waals surface area contributed by atoms with Crippen molar-refractivity contribution in [2.45, 2.75) is 0 Å². The average molecular weight is 324 g/mol. The standard InChI is InChI=1S/4Ga.3N.3H/q4*+3;3*-3;3*-1. The van der Waals surface area contributed by atoms with E-state index < -0.39 is 0 Å². The Morgan fingerprint density at radius 1 is 0.429 bits per heavy atom. The van der Waals surface area contributed by atoms with Gasteiger partial charge in [0.1, 0.15) is 0 Å².